The highest BCUT2D eigenvalue weighted by atomic mass is 16.5. The quantitative estimate of drug-likeness (QED) is 0.860. The molecule has 1 aromatic carbocycles. The Bertz CT molecular complexity index is 451. The molecule has 1 heterocycles. The average Bonchev–Trinajstić information content (AvgIpc) is 2.90. The van der Waals surface area contributed by atoms with E-state index in [-0.39, 0.29) is 5.92 Å². The van der Waals surface area contributed by atoms with E-state index in [1.54, 1.807) is 13.4 Å². The van der Waals surface area contributed by atoms with Crippen LogP contribution >= 0.6 is 0 Å². The van der Waals surface area contributed by atoms with Crippen molar-refractivity contribution in [3.63, 3.8) is 0 Å². The van der Waals surface area contributed by atoms with Crippen molar-refractivity contribution in [2.45, 2.75) is 12.3 Å². The van der Waals surface area contributed by atoms with Crippen LogP contribution in [0.5, 0.6) is 5.75 Å². The lowest BCUT2D eigenvalue weighted by Crippen LogP contribution is -2.14. The second kappa shape index (κ2) is 5.55. The normalized spacial score (nSPS) is 12.4. The van der Waals surface area contributed by atoms with Gasteiger partial charge >= 0.3 is 0 Å². The minimum absolute atomic E-state index is 0.196. The second-order valence-electron chi connectivity index (χ2n) is 3.96. The number of furan rings is 1. The Balaban J connectivity index is 2.18. The van der Waals surface area contributed by atoms with Crippen LogP contribution in [0.15, 0.2) is 47.1 Å². The fourth-order valence-electron chi connectivity index (χ4n) is 1.96. The molecule has 90 valence electrons. The van der Waals surface area contributed by atoms with E-state index in [1.807, 2.05) is 30.3 Å². The van der Waals surface area contributed by atoms with Gasteiger partial charge < -0.3 is 14.9 Å². The Morgan fingerprint density at radius 3 is 2.71 bits per heavy atom. The van der Waals surface area contributed by atoms with E-state index in [0.717, 1.165) is 23.5 Å². The SMILES string of the molecule is COc1ccccc1CC(CN)c1ccco1. The van der Waals surface area contributed by atoms with Gasteiger partial charge in [-0.2, -0.15) is 0 Å². The van der Waals surface area contributed by atoms with E-state index in [4.69, 9.17) is 14.9 Å². The van der Waals surface area contributed by atoms with Crippen molar-refractivity contribution in [3.8, 4) is 5.75 Å². The number of ether oxygens (including phenoxy) is 1. The maximum atomic E-state index is 5.80. The van der Waals surface area contributed by atoms with Gasteiger partial charge in [0.25, 0.3) is 0 Å². The summed E-state index contributed by atoms with van der Waals surface area (Å²) >= 11 is 0. The summed E-state index contributed by atoms with van der Waals surface area (Å²) in [5, 5.41) is 0. The third-order valence-corrected chi connectivity index (χ3v) is 2.89. The van der Waals surface area contributed by atoms with Crippen LogP contribution in [0, 0.1) is 0 Å². The number of hydrogen-bond donors (Lipinski definition) is 1. The molecule has 0 aliphatic heterocycles. The molecule has 2 aromatic rings. The van der Waals surface area contributed by atoms with Gasteiger partial charge in [0.2, 0.25) is 0 Å². The van der Waals surface area contributed by atoms with Crippen LogP contribution in [-0.4, -0.2) is 13.7 Å². The molecule has 1 aromatic heterocycles. The summed E-state index contributed by atoms with van der Waals surface area (Å²) < 4.78 is 10.7. The van der Waals surface area contributed by atoms with Crippen molar-refractivity contribution in [3.05, 3.63) is 54.0 Å². The number of rotatable bonds is 5. The van der Waals surface area contributed by atoms with E-state index in [9.17, 15) is 0 Å². The van der Waals surface area contributed by atoms with E-state index in [0.29, 0.717) is 6.54 Å². The Hall–Kier alpha value is -1.74. The van der Waals surface area contributed by atoms with Crippen LogP contribution in [0.2, 0.25) is 0 Å². The average molecular weight is 231 g/mol. The first-order valence-electron chi connectivity index (χ1n) is 5.70. The van der Waals surface area contributed by atoms with Gasteiger partial charge in [0.15, 0.2) is 0 Å². The zero-order valence-electron chi connectivity index (χ0n) is 9.93. The van der Waals surface area contributed by atoms with Crippen LogP contribution in [0.4, 0.5) is 0 Å². The maximum absolute atomic E-state index is 5.80. The van der Waals surface area contributed by atoms with E-state index >= 15 is 0 Å². The van der Waals surface area contributed by atoms with Crippen molar-refractivity contribution < 1.29 is 9.15 Å². The molecule has 0 saturated heterocycles. The van der Waals surface area contributed by atoms with Crippen LogP contribution < -0.4 is 10.5 Å². The molecule has 3 heteroatoms. The minimum Gasteiger partial charge on any atom is -0.496 e. The molecule has 0 fully saturated rings. The van der Waals surface area contributed by atoms with Gasteiger partial charge in [-0.3, -0.25) is 0 Å². The van der Waals surface area contributed by atoms with Crippen molar-refractivity contribution in [1.29, 1.82) is 0 Å². The largest absolute Gasteiger partial charge is 0.496 e. The van der Waals surface area contributed by atoms with Crippen LogP contribution in [0.1, 0.15) is 17.2 Å². The topological polar surface area (TPSA) is 48.4 Å². The van der Waals surface area contributed by atoms with Gasteiger partial charge in [-0.25, -0.2) is 0 Å². The Labute approximate surface area is 101 Å². The van der Waals surface area contributed by atoms with Crippen LogP contribution in [-0.2, 0) is 6.42 Å². The first kappa shape index (κ1) is 11.7. The highest BCUT2D eigenvalue weighted by Crippen LogP contribution is 2.25. The fourth-order valence-corrected chi connectivity index (χ4v) is 1.96. The van der Waals surface area contributed by atoms with Gasteiger partial charge in [0.1, 0.15) is 11.5 Å². The predicted molar refractivity (Wildman–Crippen MR) is 67.2 cm³/mol. The third kappa shape index (κ3) is 2.68. The van der Waals surface area contributed by atoms with Gasteiger partial charge in [-0.05, 0) is 30.2 Å². The molecule has 0 saturated carbocycles. The number of nitrogens with two attached hydrogens (primary N) is 1. The van der Waals surface area contributed by atoms with Gasteiger partial charge in [0.05, 0.1) is 13.4 Å². The zero-order chi connectivity index (χ0) is 12.1. The standard InChI is InChI=1S/C14H17NO2/c1-16-13-6-3-2-5-11(13)9-12(10-15)14-7-4-8-17-14/h2-8,12H,9-10,15H2,1H3. The number of hydrogen-bond acceptors (Lipinski definition) is 3. The highest BCUT2D eigenvalue weighted by molar-refractivity contribution is 5.34. The molecular weight excluding hydrogens is 214 g/mol. The van der Waals surface area contributed by atoms with Crippen molar-refractivity contribution in [2.75, 3.05) is 13.7 Å². The molecule has 2 rings (SSSR count). The molecule has 1 unspecified atom stereocenters. The Morgan fingerprint density at radius 2 is 2.06 bits per heavy atom. The zero-order valence-corrected chi connectivity index (χ0v) is 9.93. The summed E-state index contributed by atoms with van der Waals surface area (Å²) in [5.41, 5.74) is 6.96. The highest BCUT2D eigenvalue weighted by Gasteiger charge is 2.15. The van der Waals surface area contributed by atoms with Crippen molar-refractivity contribution in [2.24, 2.45) is 5.73 Å². The summed E-state index contributed by atoms with van der Waals surface area (Å²) in [7, 11) is 1.68. The molecule has 2 N–H and O–H groups in total. The van der Waals surface area contributed by atoms with Crippen LogP contribution in [0.3, 0.4) is 0 Å². The number of methoxy groups -OCH3 is 1. The lowest BCUT2D eigenvalue weighted by molar-refractivity contribution is 0.404. The summed E-state index contributed by atoms with van der Waals surface area (Å²) in [5.74, 6) is 2.03. The van der Waals surface area contributed by atoms with Crippen molar-refractivity contribution >= 4 is 0 Å². The molecule has 0 radical (unpaired) electrons. The summed E-state index contributed by atoms with van der Waals surface area (Å²) in [6, 6.07) is 11.9. The number of para-hydroxylation sites is 1. The molecular formula is C14H17NO2. The monoisotopic (exact) mass is 231 g/mol. The Kier molecular flexibility index (Phi) is 3.83. The smallest absolute Gasteiger partial charge is 0.122 e. The molecule has 3 nitrogen and oxygen atoms in total. The minimum atomic E-state index is 0.196. The molecule has 1 atom stereocenters. The van der Waals surface area contributed by atoms with Gasteiger partial charge in [-0.1, -0.05) is 18.2 Å². The molecule has 0 aliphatic rings. The molecule has 17 heavy (non-hydrogen) atoms. The first-order chi connectivity index (χ1) is 8.35. The number of benzene rings is 1. The Morgan fingerprint density at radius 1 is 1.24 bits per heavy atom. The lowest BCUT2D eigenvalue weighted by Gasteiger charge is -2.14. The molecule has 0 spiro atoms. The third-order valence-electron chi connectivity index (χ3n) is 2.89. The van der Waals surface area contributed by atoms with E-state index in [1.165, 1.54) is 0 Å². The predicted octanol–water partition coefficient (Wildman–Crippen LogP) is 2.57. The second-order valence-corrected chi connectivity index (χ2v) is 3.96. The first-order valence-corrected chi connectivity index (χ1v) is 5.70. The molecule has 0 aliphatic carbocycles. The summed E-state index contributed by atoms with van der Waals surface area (Å²) in [4.78, 5) is 0. The van der Waals surface area contributed by atoms with E-state index < -0.39 is 0 Å². The molecule has 0 amide bonds. The van der Waals surface area contributed by atoms with Gasteiger partial charge in [-0.15, -0.1) is 0 Å². The summed E-state index contributed by atoms with van der Waals surface area (Å²) in [6.45, 7) is 0.561. The van der Waals surface area contributed by atoms with E-state index in [2.05, 4.69) is 6.07 Å². The summed E-state index contributed by atoms with van der Waals surface area (Å²) in [6.07, 6.45) is 2.51. The van der Waals surface area contributed by atoms with Crippen molar-refractivity contribution in [1.82, 2.24) is 0 Å². The molecule has 0 bridgehead atoms. The van der Waals surface area contributed by atoms with Crippen LogP contribution in [0.25, 0.3) is 0 Å². The maximum Gasteiger partial charge on any atom is 0.122 e. The fraction of sp³-hybridized carbons (Fsp3) is 0.286. The lowest BCUT2D eigenvalue weighted by atomic mass is 9.96. The van der Waals surface area contributed by atoms with Gasteiger partial charge in [0, 0.05) is 12.5 Å².